The Labute approximate surface area is 200 Å². The highest BCUT2D eigenvalue weighted by Gasteiger charge is 2.48. The van der Waals surface area contributed by atoms with Crippen LogP contribution < -0.4 is 10.4 Å². The van der Waals surface area contributed by atoms with Gasteiger partial charge in [0.15, 0.2) is 0 Å². The first kappa shape index (κ1) is 23.3. The molecular formula is C30H36N2Si. The van der Waals surface area contributed by atoms with Crippen molar-refractivity contribution in [3.05, 3.63) is 103 Å². The van der Waals surface area contributed by atoms with Crippen LogP contribution in [0.2, 0.25) is 5.04 Å². The molecule has 170 valence electrons. The Morgan fingerprint density at radius 2 is 1.12 bits per heavy atom. The van der Waals surface area contributed by atoms with E-state index in [2.05, 4.69) is 143 Å². The summed E-state index contributed by atoms with van der Waals surface area (Å²) in [5.41, 5.74) is 3.48. The zero-order chi connectivity index (χ0) is 23.7. The third-order valence-electron chi connectivity index (χ3n) is 6.72. The molecule has 1 heterocycles. The molecule has 0 amide bonds. The van der Waals surface area contributed by atoms with E-state index in [1.54, 1.807) is 0 Å². The van der Waals surface area contributed by atoms with Crippen LogP contribution in [0.5, 0.6) is 0 Å². The number of rotatable bonds is 5. The maximum Gasteiger partial charge on any atom is 0.129 e. The molecule has 0 fully saturated rings. The van der Waals surface area contributed by atoms with Crippen LogP contribution in [0, 0.1) is 0 Å². The maximum absolute atomic E-state index is 5.26. The lowest BCUT2D eigenvalue weighted by Gasteiger charge is -2.44. The molecule has 0 N–H and O–H groups in total. The second-order valence-corrected chi connectivity index (χ2v) is 15.9. The van der Waals surface area contributed by atoms with Crippen LogP contribution in [0.25, 0.3) is 11.3 Å². The molecule has 0 unspecified atom stereocenters. The van der Waals surface area contributed by atoms with E-state index in [4.69, 9.17) is 5.10 Å². The standard InChI is InChI=1S/C30H36N2Si/c1-29(2,3)32-28(24-16-10-7-11-17-24)22-25(31-32)23-33(30(4,5)6,26-18-12-8-13-19-26)27-20-14-9-15-21-27/h7-22H,23H2,1-6H3. The van der Waals surface area contributed by atoms with Gasteiger partial charge in [-0.1, -0.05) is 122 Å². The summed E-state index contributed by atoms with van der Waals surface area (Å²) in [4.78, 5) is 0. The van der Waals surface area contributed by atoms with Gasteiger partial charge in [-0.2, -0.15) is 5.10 Å². The Kier molecular flexibility index (Phi) is 6.19. The summed E-state index contributed by atoms with van der Waals surface area (Å²) >= 11 is 0. The van der Waals surface area contributed by atoms with Crippen molar-refractivity contribution >= 4 is 18.4 Å². The normalized spacial score (nSPS) is 12.7. The van der Waals surface area contributed by atoms with Gasteiger partial charge in [0.1, 0.15) is 8.07 Å². The van der Waals surface area contributed by atoms with Gasteiger partial charge in [0, 0.05) is 0 Å². The fourth-order valence-corrected chi connectivity index (χ4v) is 10.3. The first-order valence-electron chi connectivity index (χ1n) is 11.9. The van der Waals surface area contributed by atoms with Gasteiger partial charge in [0.2, 0.25) is 0 Å². The molecule has 4 rings (SSSR count). The highest BCUT2D eigenvalue weighted by Crippen LogP contribution is 2.39. The van der Waals surface area contributed by atoms with Crippen LogP contribution in [-0.2, 0) is 11.6 Å². The summed E-state index contributed by atoms with van der Waals surface area (Å²) in [6.45, 7) is 13.9. The molecule has 1 aromatic heterocycles. The van der Waals surface area contributed by atoms with Crippen molar-refractivity contribution in [2.45, 2.75) is 58.2 Å². The summed E-state index contributed by atoms with van der Waals surface area (Å²) in [7, 11) is -2.24. The molecule has 0 aliphatic rings. The lowest BCUT2D eigenvalue weighted by atomic mass is 10.1. The molecule has 0 saturated carbocycles. The Morgan fingerprint density at radius 3 is 1.55 bits per heavy atom. The van der Waals surface area contributed by atoms with E-state index in [9.17, 15) is 0 Å². The zero-order valence-electron chi connectivity index (χ0n) is 20.8. The fraction of sp³-hybridized carbons (Fsp3) is 0.300. The summed E-state index contributed by atoms with van der Waals surface area (Å²) in [6.07, 6.45) is 0. The van der Waals surface area contributed by atoms with Crippen molar-refractivity contribution in [3.63, 3.8) is 0 Å². The fourth-order valence-electron chi connectivity index (χ4n) is 5.06. The van der Waals surface area contributed by atoms with E-state index in [1.165, 1.54) is 27.3 Å². The lowest BCUT2D eigenvalue weighted by molar-refractivity contribution is 0.358. The van der Waals surface area contributed by atoms with Gasteiger partial charge >= 0.3 is 0 Å². The van der Waals surface area contributed by atoms with Gasteiger partial charge in [-0.3, -0.25) is 4.68 Å². The minimum Gasteiger partial charge on any atom is -0.259 e. The molecule has 0 spiro atoms. The van der Waals surface area contributed by atoms with E-state index in [1.807, 2.05) is 0 Å². The zero-order valence-corrected chi connectivity index (χ0v) is 21.8. The van der Waals surface area contributed by atoms with Crippen molar-refractivity contribution in [2.24, 2.45) is 0 Å². The molecule has 4 aromatic rings. The second kappa shape index (κ2) is 8.79. The van der Waals surface area contributed by atoms with E-state index >= 15 is 0 Å². The number of hydrogen-bond acceptors (Lipinski definition) is 1. The molecule has 2 nitrogen and oxygen atoms in total. The third kappa shape index (κ3) is 4.47. The average molecular weight is 453 g/mol. The molecule has 0 atom stereocenters. The van der Waals surface area contributed by atoms with Crippen molar-refractivity contribution in [1.29, 1.82) is 0 Å². The first-order chi connectivity index (χ1) is 15.6. The van der Waals surface area contributed by atoms with Gasteiger partial charge in [0.05, 0.1) is 16.9 Å². The Balaban J connectivity index is 1.94. The van der Waals surface area contributed by atoms with Crippen molar-refractivity contribution in [2.75, 3.05) is 0 Å². The summed E-state index contributed by atoms with van der Waals surface area (Å²) in [6, 6.07) is 36.3. The highest BCUT2D eigenvalue weighted by atomic mass is 28.3. The number of nitrogens with zero attached hydrogens (tertiary/aromatic N) is 2. The predicted octanol–water partition coefficient (Wildman–Crippen LogP) is 6.45. The molecule has 0 radical (unpaired) electrons. The van der Waals surface area contributed by atoms with E-state index in [0.717, 1.165) is 6.04 Å². The van der Waals surface area contributed by atoms with Crippen molar-refractivity contribution in [1.82, 2.24) is 9.78 Å². The molecule has 3 aromatic carbocycles. The SMILES string of the molecule is CC(C)(C)n1nc(C[Si](c2ccccc2)(c2ccccc2)C(C)(C)C)cc1-c1ccccc1. The van der Waals surface area contributed by atoms with Crippen LogP contribution in [0.15, 0.2) is 97.1 Å². The van der Waals surface area contributed by atoms with Gasteiger partial charge in [-0.15, -0.1) is 0 Å². The largest absolute Gasteiger partial charge is 0.259 e. The van der Waals surface area contributed by atoms with Crippen LogP contribution in [0.1, 0.15) is 47.2 Å². The molecule has 0 saturated heterocycles. The predicted molar refractivity (Wildman–Crippen MR) is 144 cm³/mol. The molecule has 0 bridgehead atoms. The van der Waals surface area contributed by atoms with Gasteiger partial charge < -0.3 is 0 Å². The Hall–Kier alpha value is -2.91. The molecule has 0 aliphatic heterocycles. The van der Waals surface area contributed by atoms with E-state index < -0.39 is 8.07 Å². The summed E-state index contributed by atoms with van der Waals surface area (Å²) in [5.74, 6) is 0. The lowest BCUT2D eigenvalue weighted by Crippen LogP contribution is -2.66. The minimum absolute atomic E-state index is 0.102. The minimum atomic E-state index is -2.24. The Morgan fingerprint density at radius 1 is 0.667 bits per heavy atom. The smallest absolute Gasteiger partial charge is 0.129 e. The monoisotopic (exact) mass is 452 g/mol. The quantitative estimate of drug-likeness (QED) is 0.318. The highest BCUT2D eigenvalue weighted by molar-refractivity contribution is 7.03. The summed E-state index contributed by atoms with van der Waals surface area (Å²) < 4.78 is 2.22. The van der Waals surface area contributed by atoms with Gasteiger partial charge in [-0.05, 0) is 43.5 Å². The Bertz CT molecular complexity index is 1140. The van der Waals surface area contributed by atoms with Crippen molar-refractivity contribution < 1.29 is 0 Å². The molecule has 0 aliphatic carbocycles. The van der Waals surface area contributed by atoms with Crippen molar-refractivity contribution in [3.8, 4) is 11.3 Å². The average Bonchev–Trinajstić information content (AvgIpc) is 3.23. The van der Waals surface area contributed by atoms with Crippen LogP contribution in [-0.4, -0.2) is 17.9 Å². The van der Waals surface area contributed by atoms with E-state index in [0.29, 0.717) is 0 Å². The van der Waals surface area contributed by atoms with E-state index in [-0.39, 0.29) is 10.6 Å². The number of aromatic nitrogens is 2. The molecule has 3 heteroatoms. The number of benzene rings is 3. The topological polar surface area (TPSA) is 17.8 Å². The molecule has 33 heavy (non-hydrogen) atoms. The van der Waals surface area contributed by atoms with Crippen LogP contribution >= 0.6 is 0 Å². The van der Waals surface area contributed by atoms with Crippen LogP contribution in [0.3, 0.4) is 0 Å². The molecular weight excluding hydrogens is 416 g/mol. The summed E-state index contributed by atoms with van der Waals surface area (Å²) in [5, 5.41) is 8.30. The first-order valence-corrected chi connectivity index (χ1v) is 14.1. The second-order valence-electron chi connectivity index (χ2n) is 11.0. The van der Waals surface area contributed by atoms with Gasteiger partial charge in [0.25, 0.3) is 0 Å². The van der Waals surface area contributed by atoms with Gasteiger partial charge in [-0.25, -0.2) is 0 Å². The van der Waals surface area contributed by atoms with Crippen LogP contribution in [0.4, 0.5) is 0 Å². The number of hydrogen-bond donors (Lipinski definition) is 0. The maximum atomic E-state index is 5.26. The third-order valence-corrected chi connectivity index (χ3v) is 12.8.